The van der Waals surface area contributed by atoms with E-state index in [4.69, 9.17) is 10.2 Å². The fourth-order valence-corrected chi connectivity index (χ4v) is 2.42. The minimum absolute atomic E-state index is 0.00796. The molecular formula is C11H14F3NO. The van der Waals surface area contributed by atoms with Crippen LogP contribution in [-0.4, -0.2) is 6.54 Å². The van der Waals surface area contributed by atoms with Gasteiger partial charge in [0, 0.05) is 5.92 Å². The van der Waals surface area contributed by atoms with Crippen molar-refractivity contribution in [1.82, 2.24) is 0 Å². The van der Waals surface area contributed by atoms with Crippen LogP contribution >= 0.6 is 0 Å². The van der Waals surface area contributed by atoms with Gasteiger partial charge in [-0.2, -0.15) is 13.2 Å². The number of halogens is 3. The van der Waals surface area contributed by atoms with Gasteiger partial charge in [-0.25, -0.2) is 0 Å². The summed E-state index contributed by atoms with van der Waals surface area (Å²) < 4.78 is 41.9. The third kappa shape index (κ3) is 1.63. The molecular weight excluding hydrogens is 219 g/mol. The van der Waals surface area contributed by atoms with Gasteiger partial charge in [-0.1, -0.05) is 13.8 Å². The predicted octanol–water partition coefficient (Wildman–Crippen LogP) is 3.00. The Bertz CT molecular complexity index is 394. The second kappa shape index (κ2) is 3.26. The molecule has 0 spiro atoms. The molecule has 90 valence electrons. The van der Waals surface area contributed by atoms with E-state index in [1.165, 1.54) is 6.07 Å². The Labute approximate surface area is 91.6 Å². The number of alkyl halides is 3. The van der Waals surface area contributed by atoms with Crippen molar-refractivity contribution in [3.63, 3.8) is 0 Å². The summed E-state index contributed by atoms with van der Waals surface area (Å²) in [7, 11) is 0. The third-order valence-corrected chi connectivity index (χ3v) is 3.52. The van der Waals surface area contributed by atoms with Gasteiger partial charge in [-0.3, -0.25) is 0 Å². The SMILES string of the molecule is CC1(C)[C@@H](CN)[C@@H]1c1ccc(C(F)(F)F)o1. The molecule has 2 rings (SSSR count). The highest BCUT2D eigenvalue weighted by atomic mass is 19.4. The molecule has 1 fully saturated rings. The van der Waals surface area contributed by atoms with E-state index in [1.54, 1.807) is 0 Å². The zero-order valence-electron chi connectivity index (χ0n) is 9.14. The predicted molar refractivity (Wildman–Crippen MR) is 52.8 cm³/mol. The first-order valence-electron chi connectivity index (χ1n) is 5.15. The van der Waals surface area contributed by atoms with E-state index >= 15 is 0 Å². The molecule has 0 amide bonds. The quantitative estimate of drug-likeness (QED) is 0.852. The van der Waals surface area contributed by atoms with Gasteiger partial charge in [0.2, 0.25) is 5.76 Å². The molecule has 0 aromatic carbocycles. The standard InChI is InChI=1S/C11H14F3NO/c1-10(2)6(5-15)9(10)7-3-4-8(16-7)11(12,13)14/h3-4,6,9H,5,15H2,1-2H3/t6-,9+/m0/s1. The normalized spacial score (nSPS) is 28.1. The Morgan fingerprint density at radius 3 is 2.38 bits per heavy atom. The van der Waals surface area contributed by atoms with Gasteiger partial charge in [0.1, 0.15) is 5.76 Å². The highest BCUT2D eigenvalue weighted by Crippen LogP contribution is 2.64. The van der Waals surface area contributed by atoms with Crippen LogP contribution in [0.3, 0.4) is 0 Å². The summed E-state index contributed by atoms with van der Waals surface area (Å²) in [5, 5.41) is 0. The third-order valence-electron chi connectivity index (χ3n) is 3.52. The molecule has 2 N–H and O–H groups in total. The molecule has 1 aliphatic carbocycles. The van der Waals surface area contributed by atoms with Gasteiger partial charge in [0.25, 0.3) is 0 Å². The Kier molecular flexibility index (Phi) is 2.35. The first-order chi connectivity index (χ1) is 7.28. The van der Waals surface area contributed by atoms with Gasteiger partial charge in [0.15, 0.2) is 0 Å². The second-order valence-electron chi connectivity index (χ2n) is 4.84. The van der Waals surface area contributed by atoms with Crippen LogP contribution in [0.1, 0.15) is 31.3 Å². The Morgan fingerprint density at radius 1 is 1.38 bits per heavy atom. The topological polar surface area (TPSA) is 39.2 Å². The molecule has 16 heavy (non-hydrogen) atoms. The van der Waals surface area contributed by atoms with E-state index in [9.17, 15) is 13.2 Å². The number of nitrogens with two attached hydrogens (primary N) is 1. The molecule has 0 radical (unpaired) electrons. The summed E-state index contributed by atoms with van der Waals surface area (Å²) in [4.78, 5) is 0. The van der Waals surface area contributed by atoms with Crippen LogP contribution in [0.15, 0.2) is 16.5 Å². The van der Waals surface area contributed by atoms with Crippen molar-refractivity contribution in [2.75, 3.05) is 6.54 Å². The van der Waals surface area contributed by atoms with Gasteiger partial charge >= 0.3 is 6.18 Å². The summed E-state index contributed by atoms with van der Waals surface area (Å²) in [6.07, 6.45) is -4.41. The first kappa shape index (κ1) is 11.5. The lowest BCUT2D eigenvalue weighted by Gasteiger charge is -2.02. The van der Waals surface area contributed by atoms with Crippen LogP contribution in [-0.2, 0) is 6.18 Å². The molecule has 1 aliphatic rings. The van der Waals surface area contributed by atoms with E-state index < -0.39 is 11.9 Å². The smallest absolute Gasteiger partial charge is 0.449 e. The minimum Gasteiger partial charge on any atom is -0.456 e. The van der Waals surface area contributed by atoms with Crippen molar-refractivity contribution < 1.29 is 17.6 Å². The van der Waals surface area contributed by atoms with Crippen molar-refractivity contribution in [2.45, 2.75) is 25.9 Å². The molecule has 0 unspecified atom stereocenters. The van der Waals surface area contributed by atoms with Crippen LogP contribution in [0.2, 0.25) is 0 Å². The van der Waals surface area contributed by atoms with Gasteiger partial charge in [0.05, 0.1) is 0 Å². The number of hydrogen-bond acceptors (Lipinski definition) is 2. The van der Waals surface area contributed by atoms with E-state index in [-0.39, 0.29) is 17.3 Å². The van der Waals surface area contributed by atoms with E-state index in [2.05, 4.69) is 0 Å². The molecule has 1 aromatic rings. The fraction of sp³-hybridized carbons (Fsp3) is 0.636. The van der Waals surface area contributed by atoms with Crippen LogP contribution in [0.4, 0.5) is 13.2 Å². The Hall–Kier alpha value is -0.970. The summed E-state index contributed by atoms with van der Waals surface area (Å²) in [6, 6.07) is 2.39. The van der Waals surface area contributed by atoms with Crippen molar-refractivity contribution >= 4 is 0 Å². The maximum atomic E-state index is 12.3. The van der Waals surface area contributed by atoms with Crippen LogP contribution in [0.5, 0.6) is 0 Å². The molecule has 2 atom stereocenters. The molecule has 0 aliphatic heterocycles. The van der Waals surface area contributed by atoms with Crippen LogP contribution in [0.25, 0.3) is 0 Å². The molecule has 2 nitrogen and oxygen atoms in total. The lowest BCUT2D eigenvalue weighted by Crippen LogP contribution is -2.05. The summed E-state index contributed by atoms with van der Waals surface area (Å²) in [6.45, 7) is 4.45. The number of furan rings is 1. The van der Waals surface area contributed by atoms with Gasteiger partial charge in [-0.15, -0.1) is 0 Å². The number of rotatable bonds is 2. The monoisotopic (exact) mass is 233 g/mol. The van der Waals surface area contributed by atoms with Crippen LogP contribution in [0, 0.1) is 11.3 Å². The summed E-state index contributed by atoms with van der Waals surface area (Å²) in [5.74, 6) is -0.318. The maximum Gasteiger partial charge on any atom is 0.449 e. The molecule has 1 saturated carbocycles. The maximum absolute atomic E-state index is 12.3. The lowest BCUT2D eigenvalue weighted by atomic mass is 10.1. The van der Waals surface area contributed by atoms with E-state index in [1.807, 2.05) is 13.8 Å². The minimum atomic E-state index is -4.41. The molecule has 1 heterocycles. The average Bonchev–Trinajstić information content (AvgIpc) is 2.57. The fourth-order valence-electron chi connectivity index (χ4n) is 2.42. The van der Waals surface area contributed by atoms with Crippen molar-refractivity contribution in [3.8, 4) is 0 Å². The zero-order chi connectivity index (χ0) is 12.1. The lowest BCUT2D eigenvalue weighted by molar-refractivity contribution is -0.153. The largest absolute Gasteiger partial charge is 0.456 e. The van der Waals surface area contributed by atoms with Crippen molar-refractivity contribution in [2.24, 2.45) is 17.1 Å². The Balaban J connectivity index is 2.22. The molecule has 0 saturated heterocycles. The van der Waals surface area contributed by atoms with Crippen molar-refractivity contribution in [1.29, 1.82) is 0 Å². The zero-order valence-corrected chi connectivity index (χ0v) is 9.14. The summed E-state index contributed by atoms with van der Waals surface area (Å²) in [5.41, 5.74) is 5.51. The van der Waals surface area contributed by atoms with Gasteiger partial charge < -0.3 is 10.2 Å². The Morgan fingerprint density at radius 2 is 2.00 bits per heavy atom. The molecule has 5 heteroatoms. The first-order valence-corrected chi connectivity index (χ1v) is 5.15. The second-order valence-corrected chi connectivity index (χ2v) is 4.84. The highest BCUT2D eigenvalue weighted by Gasteiger charge is 2.59. The molecule has 0 bridgehead atoms. The highest BCUT2D eigenvalue weighted by molar-refractivity contribution is 5.26. The van der Waals surface area contributed by atoms with Crippen molar-refractivity contribution in [3.05, 3.63) is 23.7 Å². The van der Waals surface area contributed by atoms with Gasteiger partial charge in [-0.05, 0) is 30.0 Å². The average molecular weight is 233 g/mol. The summed E-state index contributed by atoms with van der Waals surface area (Å²) >= 11 is 0. The van der Waals surface area contributed by atoms with Crippen LogP contribution < -0.4 is 5.73 Å². The number of hydrogen-bond donors (Lipinski definition) is 1. The molecule has 1 aromatic heterocycles. The van der Waals surface area contributed by atoms with E-state index in [0.29, 0.717) is 12.3 Å². The van der Waals surface area contributed by atoms with E-state index in [0.717, 1.165) is 6.07 Å².